The lowest BCUT2D eigenvalue weighted by atomic mass is 9.76. The molecule has 96 valence electrons. The van der Waals surface area contributed by atoms with Crippen molar-refractivity contribution >= 4 is 5.78 Å². The maximum Gasteiger partial charge on any atom is 0.161 e. The van der Waals surface area contributed by atoms with Gasteiger partial charge in [-0.1, -0.05) is 38.7 Å². The minimum atomic E-state index is 0.359. The van der Waals surface area contributed by atoms with Crippen LogP contribution in [0.15, 0.2) is 11.6 Å². The zero-order valence-corrected chi connectivity index (χ0v) is 11.2. The summed E-state index contributed by atoms with van der Waals surface area (Å²) in [5.74, 6) is 1.67. The van der Waals surface area contributed by atoms with Crippen LogP contribution in [0.2, 0.25) is 0 Å². The second-order valence-corrected chi connectivity index (χ2v) is 5.83. The second kappa shape index (κ2) is 6.37. The monoisotopic (exact) mass is 234 g/mol. The molecule has 0 heterocycles. The van der Waals surface area contributed by atoms with Crippen LogP contribution in [0.4, 0.5) is 0 Å². The quantitative estimate of drug-likeness (QED) is 0.694. The summed E-state index contributed by atoms with van der Waals surface area (Å²) in [4.78, 5) is 12.5. The van der Waals surface area contributed by atoms with Gasteiger partial charge in [-0.05, 0) is 50.0 Å². The van der Waals surface area contributed by atoms with E-state index in [0.717, 1.165) is 31.6 Å². The van der Waals surface area contributed by atoms with Crippen LogP contribution in [0.25, 0.3) is 0 Å². The largest absolute Gasteiger partial charge is 0.294 e. The van der Waals surface area contributed by atoms with Crippen LogP contribution in [0.1, 0.15) is 71.1 Å². The zero-order valence-electron chi connectivity index (χ0n) is 11.2. The molecule has 2 unspecified atom stereocenters. The highest BCUT2D eigenvalue weighted by molar-refractivity contribution is 5.97. The Hall–Kier alpha value is -0.590. The van der Waals surface area contributed by atoms with Gasteiger partial charge in [-0.15, -0.1) is 0 Å². The van der Waals surface area contributed by atoms with Crippen LogP contribution in [0.3, 0.4) is 0 Å². The summed E-state index contributed by atoms with van der Waals surface area (Å²) < 4.78 is 0. The summed E-state index contributed by atoms with van der Waals surface area (Å²) in [6.07, 6.45) is 14.4. The van der Waals surface area contributed by atoms with Crippen molar-refractivity contribution in [3.8, 4) is 0 Å². The fraction of sp³-hybridized carbons (Fsp3) is 0.812. The average Bonchev–Trinajstić information content (AvgIpc) is 2.67. The summed E-state index contributed by atoms with van der Waals surface area (Å²) in [7, 11) is 0. The van der Waals surface area contributed by atoms with Crippen LogP contribution >= 0.6 is 0 Å². The molecule has 1 nitrogen and oxygen atoms in total. The molecule has 17 heavy (non-hydrogen) atoms. The molecule has 0 spiro atoms. The maximum atomic E-state index is 12.5. The van der Waals surface area contributed by atoms with E-state index in [0.29, 0.717) is 11.7 Å². The van der Waals surface area contributed by atoms with Crippen molar-refractivity contribution in [2.45, 2.75) is 71.1 Å². The summed E-state index contributed by atoms with van der Waals surface area (Å²) in [5, 5.41) is 0. The molecule has 2 atom stereocenters. The maximum absolute atomic E-state index is 12.5. The molecule has 0 aromatic rings. The lowest BCUT2D eigenvalue weighted by molar-refractivity contribution is -0.120. The molecule has 1 saturated carbocycles. The Balaban J connectivity index is 1.96. The summed E-state index contributed by atoms with van der Waals surface area (Å²) >= 11 is 0. The van der Waals surface area contributed by atoms with E-state index in [1.807, 2.05) is 0 Å². The van der Waals surface area contributed by atoms with Gasteiger partial charge in [0.05, 0.1) is 0 Å². The Morgan fingerprint density at radius 3 is 2.94 bits per heavy atom. The molecule has 0 aromatic heterocycles. The minimum absolute atomic E-state index is 0.359. The molecule has 0 aromatic carbocycles. The predicted molar refractivity (Wildman–Crippen MR) is 71.9 cm³/mol. The summed E-state index contributed by atoms with van der Waals surface area (Å²) in [6.45, 7) is 2.27. The van der Waals surface area contributed by atoms with Crippen molar-refractivity contribution in [3.63, 3.8) is 0 Å². The third kappa shape index (κ3) is 3.43. The highest BCUT2D eigenvalue weighted by atomic mass is 16.1. The first-order valence-corrected chi connectivity index (χ1v) is 7.54. The Kier molecular flexibility index (Phi) is 4.82. The van der Waals surface area contributed by atoms with Crippen molar-refractivity contribution < 1.29 is 4.79 Å². The predicted octanol–water partition coefficient (Wildman–Crippen LogP) is 4.66. The van der Waals surface area contributed by atoms with Gasteiger partial charge < -0.3 is 0 Å². The number of carbonyl (C=O) groups excluding carboxylic acids is 1. The number of allylic oxidation sites excluding steroid dienone is 2. The summed E-state index contributed by atoms with van der Waals surface area (Å²) in [5.41, 5.74) is 1.17. The number of Topliss-reactive ketones (excluding diaryl/α,β-unsaturated/α-hetero) is 1. The minimum Gasteiger partial charge on any atom is -0.294 e. The first-order valence-electron chi connectivity index (χ1n) is 7.54. The molecule has 0 aliphatic heterocycles. The lowest BCUT2D eigenvalue weighted by Gasteiger charge is -2.28. The third-order valence-electron chi connectivity index (χ3n) is 4.59. The van der Waals surface area contributed by atoms with Crippen molar-refractivity contribution in [2.24, 2.45) is 11.8 Å². The van der Waals surface area contributed by atoms with Crippen LogP contribution in [0, 0.1) is 11.8 Å². The molecule has 0 radical (unpaired) electrons. The van der Waals surface area contributed by atoms with E-state index in [-0.39, 0.29) is 0 Å². The smallest absolute Gasteiger partial charge is 0.161 e. The number of hydrogen-bond acceptors (Lipinski definition) is 1. The average molecular weight is 234 g/mol. The van der Waals surface area contributed by atoms with Gasteiger partial charge >= 0.3 is 0 Å². The molecule has 1 fully saturated rings. The van der Waals surface area contributed by atoms with Gasteiger partial charge in [-0.2, -0.15) is 0 Å². The van der Waals surface area contributed by atoms with Gasteiger partial charge in [0.2, 0.25) is 0 Å². The highest BCUT2D eigenvalue weighted by Crippen LogP contribution is 2.34. The van der Waals surface area contributed by atoms with E-state index in [9.17, 15) is 4.79 Å². The molecule has 1 heteroatoms. The van der Waals surface area contributed by atoms with E-state index >= 15 is 0 Å². The van der Waals surface area contributed by atoms with E-state index in [4.69, 9.17) is 0 Å². The van der Waals surface area contributed by atoms with Crippen molar-refractivity contribution in [1.82, 2.24) is 0 Å². The van der Waals surface area contributed by atoms with Crippen LogP contribution in [-0.2, 0) is 4.79 Å². The number of carbonyl (C=O) groups is 1. The van der Waals surface area contributed by atoms with E-state index in [1.165, 1.54) is 44.1 Å². The number of rotatable bonds is 3. The van der Waals surface area contributed by atoms with Crippen LogP contribution < -0.4 is 0 Å². The lowest BCUT2D eigenvalue weighted by Crippen LogP contribution is -2.24. The van der Waals surface area contributed by atoms with Crippen molar-refractivity contribution in [2.75, 3.05) is 0 Å². The number of hydrogen-bond donors (Lipinski definition) is 0. The topological polar surface area (TPSA) is 17.1 Å². The van der Waals surface area contributed by atoms with Gasteiger partial charge in [-0.25, -0.2) is 0 Å². The standard InChI is InChI=1S/C16H26O/c1-2-13-8-7-11-15(12-13)16(17)14-9-5-3-4-6-10-14/h9,13,15H,2-8,10-12H2,1H3. The fourth-order valence-electron chi connectivity index (χ4n) is 3.40. The first kappa shape index (κ1) is 12.9. The van der Waals surface area contributed by atoms with Gasteiger partial charge in [-0.3, -0.25) is 4.79 Å². The fourth-order valence-corrected chi connectivity index (χ4v) is 3.40. The van der Waals surface area contributed by atoms with E-state index in [1.54, 1.807) is 0 Å². The van der Waals surface area contributed by atoms with Crippen molar-refractivity contribution in [1.29, 1.82) is 0 Å². The van der Waals surface area contributed by atoms with Crippen LogP contribution in [0.5, 0.6) is 0 Å². The van der Waals surface area contributed by atoms with Crippen LogP contribution in [-0.4, -0.2) is 5.78 Å². The normalized spacial score (nSPS) is 30.5. The zero-order chi connectivity index (χ0) is 12.1. The van der Waals surface area contributed by atoms with Crippen molar-refractivity contribution in [3.05, 3.63) is 11.6 Å². The van der Waals surface area contributed by atoms with Gasteiger partial charge in [0, 0.05) is 5.92 Å². The van der Waals surface area contributed by atoms with Gasteiger partial charge in [0.1, 0.15) is 0 Å². The van der Waals surface area contributed by atoms with Gasteiger partial charge in [0.15, 0.2) is 5.78 Å². The molecule has 0 amide bonds. The number of ketones is 1. The molecular formula is C16H26O. The SMILES string of the molecule is CCC1CCCC(C(=O)C2=CCCCCC2)C1. The molecule has 2 aliphatic carbocycles. The molecule has 0 bridgehead atoms. The molecule has 2 aliphatic rings. The molecule has 0 saturated heterocycles. The van der Waals surface area contributed by atoms with E-state index in [2.05, 4.69) is 13.0 Å². The highest BCUT2D eigenvalue weighted by Gasteiger charge is 2.28. The molecular weight excluding hydrogens is 208 g/mol. The first-order chi connectivity index (χ1) is 8.31. The summed E-state index contributed by atoms with van der Waals surface area (Å²) in [6, 6.07) is 0. The second-order valence-electron chi connectivity index (χ2n) is 5.83. The molecule has 0 N–H and O–H groups in total. The Labute approximate surface area is 106 Å². The van der Waals surface area contributed by atoms with Gasteiger partial charge in [0.25, 0.3) is 0 Å². The Morgan fingerprint density at radius 2 is 2.12 bits per heavy atom. The third-order valence-corrected chi connectivity index (χ3v) is 4.59. The Morgan fingerprint density at radius 1 is 1.24 bits per heavy atom. The molecule has 2 rings (SSSR count). The van der Waals surface area contributed by atoms with E-state index < -0.39 is 0 Å². The Bertz CT molecular complexity index is 290.